The molecule has 0 saturated heterocycles. The van der Waals surface area contributed by atoms with Gasteiger partial charge in [0.1, 0.15) is 0 Å². The van der Waals surface area contributed by atoms with Crippen molar-refractivity contribution < 1.29 is 0 Å². The second-order valence-electron chi connectivity index (χ2n) is 3.77. The summed E-state index contributed by atoms with van der Waals surface area (Å²) in [5.74, 6) is 0. The molecule has 0 N–H and O–H groups in total. The zero-order chi connectivity index (χ0) is 12.8. The van der Waals surface area contributed by atoms with Gasteiger partial charge in [-0.15, -0.1) is 0 Å². The number of nitriles is 2. The fourth-order valence-electron chi connectivity index (χ4n) is 1.64. The van der Waals surface area contributed by atoms with Crippen LogP contribution in [-0.2, 0) is 0 Å². The lowest BCUT2D eigenvalue weighted by atomic mass is 10.1. The molecule has 0 atom stereocenters. The van der Waals surface area contributed by atoms with Crippen LogP contribution in [-0.4, -0.2) is 0 Å². The van der Waals surface area contributed by atoms with E-state index in [2.05, 4.69) is 12.1 Å². The van der Waals surface area contributed by atoms with Crippen molar-refractivity contribution in [2.75, 3.05) is 0 Å². The largest absolute Gasteiger partial charge is 0.192 e. The second kappa shape index (κ2) is 5.48. The standard InChI is InChI=1S/C16H10N2/c17-11-13-4-1-2-6-16-10-14(12-18)8-9-15(16)7-3-5-13/h1-10H. The molecule has 0 aliphatic heterocycles. The Morgan fingerprint density at radius 2 is 1.28 bits per heavy atom. The van der Waals surface area contributed by atoms with E-state index in [1.165, 1.54) is 0 Å². The maximum atomic E-state index is 8.88. The lowest BCUT2D eigenvalue weighted by Gasteiger charge is -1.94. The Hall–Kier alpha value is -2.84. The molecule has 0 aromatic heterocycles. The lowest BCUT2D eigenvalue weighted by Crippen LogP contribution is -1.74. The van der Waals surface area contributed by atoms with E-state index in [4.69, 9.17) is 10.5 Å². The number of hydrogen-bond donors (Lipinski definition) is 0. The Labute approximate surface area is 106 Å². The summed E-state index contributed by atoms with van der Waals surface area (Å²) in [5, 5.41) is 19.8. The van der Waals surface area contributed by atoms with E-state index in [-0.39, 0.29) is 0 Å². The van der Waals surface area contributed by atoms with E-state index in [9.17, 15) is 0 Å². The van der Waals surface area contributed by atoms with E-state index in [1.807, 2.05) is 42.5 Å². The molecule has 0 heterocycles. The summed E-state index contributed by atoms with van der Waals surface area (Å²) in [6.45, 7) is 0. The number of nitrogens with zero attached hydrogens (tertiary/aromatic N) is 2. The van der Waals surface area contributed by atoms with Crippen LogP contribution in [0.25, 0.3) is 10.8 Å². The molecule has 2 heteroatoms. The van der Waals surface area contributed by atoms with Crippen LogP contribution in [0.3, 0.4) is 0 Å². The minimum atomic E-state index is 0.605. The molecule has 0 amide bonds. The lowest BCUT2D eigenvalue weighted by molar-refractivity contribution is 1.49. The second-order valence-corrected chi connectivity index (χ2v) is 3.77. The molecule has 84 valence electrons. The monoisotopic (exact) mass is 230 g/mol. The van der Waals surface area contributed by atoms with Crippen molar-refractivity contribution in [1.82, 2.24) is 0 Å². The highest BCUT2D eigenvalue weighted by Gasteiger charge is 1.92. The predicted octanol–water partition coefficient (Wildman–Crippen LogP) is 3.71. The fourth-order valence-corrected chi connectivity index (χ4v) is 1.64. The van der Waals surface area contributed by atoms with E-state index in [0.717, 1.165) is 10.8 Å². The van der Waals surface area contributed by atoms with Gasteiger partial charge in [0.15, 0.2) is 0 Å². The molecule has 0 aliphatic rings. The maximum Gasteiger partial charge on any atom is 0.0991 e. The zero-order valence-corrected chi connectivity index (χ0v) is 9.67. The van der Waals surface area contributed by atoms with Crippen molar-refractivity contribution in [2.24, 2.45) is 0 Å². The van der Waals surface area contributed by atoms with Crippen LogP contribution in [0.4, 0.5) is 0 Å². The molecule has 0 aliphatic carbocycles. The van der Waals surface area contributed by atoms with Gasteiger partial charge in [-0.3, -0.25) is 0 Å². The molecule has 18 heavy (non-hydrogen) atoms. The molecule has 0 fully saturated rings. The van der Waals surface area contributed by atoms with Crippen molar-refractivity contribution in [3.8, 4) is 12.1 Å². The Balaban J connectivity index is 2.74. The molecule has 0 saturated carbocycles. The molecule has 2 aromatic rings. The summed E-state index contributed by atoms with van der Waals surface area (Å²) in [5.41, 5.74) is 1.24. The Kier molecular flexibility index (Phi) is 3.54. The summed E-state index contributed by atoms with van der Waals surface area (Å²) >= 11 is 0. The van der Waals surface area contributed by atoms with Gasteiger partial charge >= 0.3 is 0 Å². The first kappa shape index (κ1) is 11.6. The molecule has 0 bridgehead atoms. The Morgan fingerprint density at radius 3 is 2.06 bits per heavy atom. The summed E-state index contributed by atoms with van der Waals surface area (Å²) in [7, 11) is 0. The topological polar surface area (TPSA) is 47.6 Å². The number of benzene rings is 1. The normalized spacial score (nSPS) is 9.00. The van der Waals surface area contributed by atoms with Crippen LogP contribution >= 0.6 is 0 Å². The van der Waals surface area contributed by atoms with Crippen LogP contribution in [0.15, 0.2) is 60.7 Å². The summed E-state index contributed by atoms with van der Waals surface area (Å²) < 4.78 is 0. The molecule has 0 radical (unpaired) electrons. The summed E-state index contributed by atoms with van der Waals surface area (Å²) in [4.78, 5) is 0. The van der Waals surface area contributed by atoms with Crippen LogP contribution in [0.2, 0.25) is 0 Å². The third-order valence-electron chi connectivity index (χ3n) is 2.56. The van der Waals surface area contributed by atoms with Crippen molar-refractivity contribution in [2.45, 2.75) is 0 Å². The quantitative estimate of drug-likeness (QED) is 0.692. The van der Waals surface area contributed by atoms with E-state index in [0.29, 0.717) is 11.1 Å². The van der Waals surface area contributed by atoms with Gasteiger partial charge in [-0.1, -0.05) is 36.4 Å². The highest BCUT2D eigenvalue weighted by molar-refractivity contribution is 5.82. The highest BCUT2D eigenvalue weighted by atomic mass is 14.2. The molecule has 2 rings (SSSR count). The maximum absolute atomic E-state index is 8.88. The van der Waals surface area contributed by atoms with Gasteiger partial charge in [-0.2, -0.15) is 10.5 Å². The van der Waals surface area contributed by atoms with Gasteiger partial charge in [-0.25, -0.2) is 0 Å². The average molecular weight is 230 g/mol. The van der Waals surface area contributed by atoms with Crippen LogP contribution in [0, 0.1) is 22.7 Å². The first-order chi connectivity index (χ1) is 8.83. The smallest absolute Gasteiger partial charge is 0.0991 e. The van der Waals surface area contributed by atoms with Crippen LogP contribution in [0.1, 0.15) is 11.1 Å². The van der Waals surface area contributed by atoms with Crippen molar-refractivity contribution in [1.29, 1.82) is 10.5 Å². The summed E-state index contributed by atoms with van der Waals surface area (Å²) in [6.07, 6.45) is 0. The fraction of sp³-hybridized carbons (Fsp3) is 0. The highest BCUT2D eigenvalue weighted by Crippen LogP contribution is 2.13. The first-order valence-corrected chi connectivity index (χ1v) is 5.51. The Bertz CT molecular complexity index is 701. The molecule has 2 nitrogen and oxygen atoms in total. The van der Waals surface area contributed by atoms with Crippen molar-refractivity contribution in [3.63, 3.8) is 0 Å². The van der Waals surface area contributed by atoms with E-state index in [1.54, 1.807) is 18.2 Å². The first-order valence-electron chi connectivity index (χ1n) is 5.51. The van der Waals surface area contributed by atoms with Gasteiger partial charge in [0.05, 0.1) is 23.3 Å². The predicted molar refractivity (Wildman–Crippen MR) is 71.0 cm³/mol. The minimum absolute atomic E-state index is 0.605. The molecule has 2 aromatic carbocycles. The van der Waals surface area contributed by atoms with E-state index < -0.39 is 0 Å². The minimum Gasteiger partial charge on any atom is -0.192 e. The van der Waals surface area contributed by atoms with Crippen molar-refractivity contribution >= 4 is 10.8 Å². The average Bonchev–Trinajstić information content (AvgIpc) is 2.43. The number of hydrogen-bond acceptors (Lipinski definition) is 2. The molecular weight excluding hydrogens is 220 g/mol. The Morgan fingerprint density at radius 1 is 0.611 bits per heavy atom. The van der Waals surface area contributed by atoms with Gasteiger partial charge in [0.25, 0.3) is 0 Å². The number of rotatable bonds is 0. The SMILES string of the molecule is N#Cc1ccccc2cc(C#N)ccc2ccc1. The van der Waals surface area contributed by atoms with E-state index >= 15 is 0 Å². The summed E-state index contributed by atoms with van der Waals surface area (Å²) in [6, 6.07) is 22.7. The van der Waals surface area contributed by atoms with Gasteiger partial charge in [0.2, 0.25) is 0 Å². The molecular formula is C16H10N2. The van der Waals surface area contributed by atoms with Crippen molar-refractivity contribution in [3.05, 3.63) is 71.8 Å². The molecule has 0 unspecified atom stereocenters. The zero-order valence-electron chi connectivity index (χ0n) is 9.67. The van der Waals surface area contributed by atoms with Gasteiger partial charge < -0.3 is 0 Å². The van der Waals surface area contributed by atoms with Gasteiger partial charge in [-0.05, 0) is 35.0 Å². The van der Waals surface area contributed by atoms with Crippen LogP contribution in [0.5, 0.6) is 0 Å². The number of fused-ring (bicyclic) bond motifs is 1. The molecule has 0 spiro atoms. The third kappa shape index (κ3) is 2.64. The van der Waals surface area contributed by atoms with Gasteiger partial charge in [0, 0.05) is 0 Å². The van der Waals surface area contributed by atoms with Crippen LogP contribution < -0.4 is 0 Å². The third-order valence-corrected chi connectivity index (χ3v) is 2.56.